The van der Waals surface area contributed by atoms with Crippen molar-refractivity contribution in [2.45, 2.75) is 32.8 Å². The van der Waals surface area contributed by atoms with Crippen molar-refractivity contribution < 1.29 is 18.7 Å². The van der Waals surface area contributed by atoms with E-state index in [-0.39, 0.29) is 12.0 Å². The highest BCUT2D eigenvalue weighted by atomic mass is 16.6. The van der Waals surface area contributed by atoms with E-state index in [0.29, 0.717) is 43.9 Å². The number of ether oxygens (including phenoxy) is 1. The third kappa shape index (κ3) is 4.13. The zero-order chi connectivity index (χ0) is 18.0. The Morgan fingerprint density at radius 2 is 1.72 bits per heavy atom. The molecule has 2 amide bonds. The zero-order valence-electron chi connectivity index (χ0n) is 14.9. The third-order valence-corrected chi connectivity index (χ3v) is 4.07. The zero-order valence-corrected chi connectivity index (χ0v) is 14.9. The summed E-state index contributed by atoms with van der Waals surface area (Å²) in [7, 11) is 0. The van der Waals surface area contributed by atoms with Crippen molar-refractivity contribution in [3.05, 3.63) is 36.1 Å². The van der Waals surface area contributed by atoms with E-state index in [4.69, 9.17) is 9.15 Å². The van der Waals surface area contributed by atoms with Gasteiger partial charge in [0.1, 0.15) is 11.2 Å². The molecule has 6 heteroatoms. The SMILES string of the molecule is CC(C)(C)OC(=O)N1CCCN(C(=O)c2cc3ccccc3o2)CC1. The molecular weight excluding hydrogens is 320 g/mol. The molecule has 6 nitrogen and oxygen atoms in total. The minimum absolute atomic E-state index is 0.137. The van der Waals surface area contributed by atoms with Crippen molar-refractivity contribution in [1.29, 1.82) is 0 Å². The molecule has 0 unspecified atom stereocenters. The van der Waals surface area contributed by atoms with Gasteiger partial charge in [0.05, 0.1) is 0 Å². The summed E-state index contributed by atoms with van der Waals surface area (Å²) < 4.78 is 11.1. The maximum atomic E-state index is 12.7. The molecule has 1 aromatic carbocycles. The van der Waals surface area contributed by atoms with Crippen molar-refractivity contribution in [2.75, 3.05) is 26.2 Å². The first-order valence-electron chi connectivity index (χ1n) is 8.59. The summed E-state index contributed by atoms with van der Waals surface area (Å²) in [6.45, 7) is 7.64. The van der Waals surface area contributed by atoms with E-state index in [2.05, 4.69) is 0 Å². The van der Waals surface area contributed by atoms with Crippen molar-refractivity contribution >= 4 is 23.0 Å². The van der Waals surface area contributed by atoms with Crippen LogP contribution in [0, 0.1) is 0 Å². The Balaban J connectivity index is 1.66. The summed E-state index contributed by atoms with van der Waals surface area (Å²) in [6, 6.07) is 9.33. The molecule has 2 heterocycles. The second-order valence-corrected chi connectivity index (χ2v) is 7.26. The first-order chi connectivity index (χ1) is 11.8. The van der Waals surface area contributed by atoms with E-state index in [1.165, 1.54) is 0 Å². The standard InChI is InChI=1S/C19H24N2O4/c1-19(2,3)25-18(23)21-10-6-9-20(11-12-21)17(22)16-13-14-7-4-5-8-15(14)24-16/h4-5,7-8,13H,6,9-12H2,1-3H3. The molecule has 25 heavy (non-hydrogen) atoms. The summed E-state index contributed by atoms with van der Waals surface area (Å²) in [6.07, 6.45) is 0.385. The fourth-order valence-corrected chi connectivity index (χ4v) is 2.87. The molecule has 0 aliphatic carbocycles. The van der Waals surface area contributed by atoms with Crippen molar-refractivity contribution in [2.24, 2.45) is 0 Å². The third-order valence-electron chi connectivity index (χ3n) is 4.07. The fourth-order valence-electron chi connectivity index (χ4n) is 2.87. The normalized spacial score (nSPS) is 16.0. The molecular formula is C19H24N2O4. The molecule has 1 aromatic heterocycles. The summed E-state index contributed by atoms with van der Waals surface area (Å²) in [4.78, 5) is 28.3. The van der Waals surface area contributed by atoms with Gasteiger partial charge in [-0.3, -0.25) is 4.79 Å². The summed E-state index contributed by atoms with van der Waals surface area (Å²) in [5, 5.41) is 0.913. The molecule has 2 aromatic rings. The van der Waals surface area contributed by atoms with Crippen molar-refractivity contribution in [1.82, 2.24) is 9.80 Å². The number of hydrogen-bond donors (Lipinski definition) is 0. The molecule has 0 saturated carbocycles. The molecule has 134 valence electrons. The Kier molecular flexibility index (Phi) is 4.70. The minimum atomic E-state index is -0.521. The van der Waals surface area contributed by atoms with Gasteiger partial charge < -0.3 is 19.0 Å². The average molecular weight is 344 g/mol. The van der Waals surface area contributed by atoms with E-state index in [9.17, 15) is 9.59 Å². The van der Waals surface area contributed by atoms with Gasteiger partial charge in [-0.1, -0.05) is 18.2 Å². The number of amides is 2. The minimum Gasteiger partial charge on any atom is -0.451 e. The number of furan rings is 1. The van der Waals surface area contributed by atoms with Crippen LogP contribution in [0.4, 0.5) is 4.79 Å². The van der Waals surface area contributed by atoms with Crippen LogP contribution in [0.2, 0.25) is 0 Å². The Labute approximate surface area is 147 Å². The number of nitrogens with zero attached hydrogens (tertiary/aromatic N) is 2. The summed E-state index contributed by atoms with van der Waals surface area (Å²) >= 11 is 0. The molecule has 0 bridgehead atoms. The first-order valence-corrected chi connectivity index (χ1v) is 8.59. The van der Waals surface area contributed by atoms with E-state index < -0.39 is 5.60 Å². The Morgan fingerprint density at radius 1 is 1.04 bits per heavy atom. The monoisotopic (exact) mass is 344 g/mol. The number of carbonyl (C=O) groups is 2. The van der Waals surface area contributed by atoms with Crippen LogP contribution < -0.4 is 0 Å². The lowest BCUT2D eigenvalue weighted by molar-refractivity contribution is 0.0255. The van der Waals surface area contributed by atoms with E-state index >= 15 is 0 Å². The van der Waals surface area contributed by atoms with Gasteiger partial charge in [-0.05, 0) is 39.3 Å². The van der Waals surface area contributed by atoms with Crippen LogP contribution in [0.3, 0.4) is 0 Å². The summed E-state index contributed by atoms with van der Waals surface area (Å²) in [5.74, 6) is 0.203. The number of hydrogen-bond acceptors (Lipinski definition) is 4. The lowest BCUT2D eigenvalue weighted by Crippen LogP contribution is -2.40. The van der Waals surface area contributed by atoms with E-state index in [0.717, 1.165) is 5.39 Å². The number of rotatable bonds is 1. The van der Waals surface area contributed by atoms with Gasteiger partial charge in [0, 0.05) is 31.6 Å². The molecule has 0 spiro atoms. The number of fused-ring (bicyclic) bond motifs is 1. The molecule has 1 fully saturated rings. The lowest BCUT2D eigenvalue weighted by Gasteiger charge is -2.26. The molecule has 0 atom stereocenters. The van der Waals surface area contributed by atoms with Gasteiger partial charge >= 0.3 is 6.09 Å². The number of benzene rings is 1. The maximum Gasteiger partial charge on any atom is 0.410 e. The Hall–Kier alpha value is -2.50. The highest BCUT2D eigenvalue weighted by molar-refractivity contribution is 5.96. The predicted octanol–water partition coefficient (Wildman–Crippen LogP) is 3.52. The maximum absolute atomic E-state index is 12.7. The van der Waals surface area contributed by atoms with Crippen molar-refractivity contribution in [3.8, 4) is 0 Å². The molecule has 3 rings (SSSR count). The van der Waals surface area contributed by atoms with Crippen LogP contribution in [0.25, 0.3) is 11.0 Å². The smallest absolute Gasteiger partial charge is 0.410 e. The topological polar surface area (TPSA) is 63.0 Å². The quantitative estimate of drug-likeness (QED) is 0.794. The average Bonchev–Trinajstić information content (AvgIpc) is 2.81. The summed E-state index contributed by atoms with van der Waals surface area (Å²) in [5.41, 5.74) is 0.184. The van der Waals surface area contributed by atoms with Crippen LogP contribution in [-0.4, -0.2) is 53.6 Å². The van der Waals surface area contributed by atoms with Crippen molar-refractivity contribution in [3.63, 3.8) is 0 Å². The molecule has 0 radical (unpaired) electrons. The molecule has 1 aliphatic rings. The van der Waals surface area contributed by atoms with Gasteiger partial charge in [0.15, 0.2) is 5.76 Å². The van der Waals surface area contributed by atoms with Gasteiger partial charge in [-0.25, -0.2) is 4.79 Å². The molecule has 1 saturated heterocycles. The van der Waals surface area contributed by atoms with Crippen LogP contribution in [0.5, 0.6) is 0 Å². The van der Waals surface area contributed by atoms with Crippen LogP contribution >= 0.6 is 0 Å². The predicted molar refractivity (Wildman–Crippen MR) is 94.5 cm³/mol. The van der Waals surface area contributed by atoms with Gasteiger partial charge in [-0.2, -0.15) is 0 Å². The van der Waals surface area contributed by atoms with Gasteiger partial charge in [0.2, 0.25) is 0 Å². The first kappa shape index (κ1) is 17.3. The van der Waals surface area contributed by atoms with E-state index in [1.54, 1.807) is 15.9 Å². The van der Waals surface area contributed by atoms with Gasteiger partial charge in [-0.15, -0.1) is 0 Å². The van der Waals surface area contributed by atoms with E-state index in [1.807, 2.05) is 45.0 Å². The second kappa shape index (κ2) is 6.78. The molecule has 0 N–H and O–H groups in total. The highest BCUT2D eigenvalue weighted by Gasteiger charge is 2.27. The fraction of sp³-hybridized carbons (Fsp3) is 0.474. The van der Waals surface area contributed by atoms with Crippen LogP contribution in [0.15, 0.2) is 34.7 Å². The molecule has 1 aliphatic heterocycles. The van der Waals surface area contributed by atoms with Crippen LogP contribution in [0.1, 0.15) is 37.7 Å². The Bertz CT molecular complexity index is 742. The second-order valence-electron chi connectivity index (χ2n) is 7.26. The van der Waals surface area contributed by atoms with Gasteiger partial charge in [0.25, 0.3) is 5.91 Å². The highest BCUT2D eigenvalue weighted by Crippen LogP contribution is 2.21. The number of para-hydroxylation sites is 1. The van der Waals surface area contributed by atoms with Crippen LogP contribution in [-0.2, 0) is 4.74 Å². The largest absolute Gasteiger partial charge is 0.451 e. The lowest BCUT2D eigenvalue weighted by atomic mass is 10.2. The Morgan fingerprint density at radius 3 is 2.44 bits per heavy atom. The number of carbonyl (C=O) groups excluding carboxylic acids is 2.